The average molecular weight is 258 g/mol. The number of rotatable bonds is 3. The number of aromatic nitrogens is 2. The summed E-state index contributed by atoms with van der Waals surface area (Å²) in [5, 5.41) is 0. The molecule has 1 heterocycles. The molecule has 1 aromatic carbocycles. The zero-order chi connectivity index (χ0) is 14.0. The highest BCUT2D eigenvalue weighted by Gasteiger charge is 2.16. The fourth-order valence-electron chi connectivity index (χ4n) is 1.99. The molecule has 4 heteroatoms. The molecule has 0 bridgehead atoms. The number of hydrogen-bond acceptors (Lipinski definition) is 3. The van der Waals surface area contributed by atoms with Crippen LogP contribution in [0.15, 0.2) is 24.3 Å². The smallest absolute Gasteiger partial charge is 0.154 e. The van der Waals surface area contributed by atoms with Crippen LogP contribution in [0.1, 0.15) is 41.6 Å². The maximum atomic E-state index is 13.0. The number of aryl methyl sites for hydroxylation is 1. The van der Waals surface area contributed by atoms with Gasteiger partial charge in [-0.3, -0.25) is 4.79 Å². The van der Waals surface area contributed by atoms with Gasteiger partial charge >= 0.3 is 0 Å². The molecule has 98 valence electrons. The van der Waals surface area contributed by atoms with Crippen molar-refractivity contribution in [2.45, 2.75) is 26.7 Å². The number of carbonyl (C=O) groups is 1. The van der Waals surface area contributed by atoms with Crippen LogP contribution in [-0.2, 0) is 0 Å². The minimum absolute atomic E-state index is 0.126. The second kappa shape index (κ2) is 5.26. The first-order valence-corrected chi connectivity index (χ1v) is 6.12. The van der Waals surface area contributed by atoms with Gasteiger partial charge in [0.2, 0.25) is 0 Å². The second-order valence-corrected chi connectivity index (χ2v) is 4.70. The van der Waals surface area contributed by atoms with E-state index in [0.29, 0.717) is 17.1 Å². The third kappa shape index (κ3) is 2.67. The van der Waals surface area contributed by atoms with E-state index in [1.807, 2.05) is 13.8 Å². The molecule has 0 aliphatic carbocycles. The molecule has 19 heavy (non-hydrogen) atoms. The van der Waals surface area contributed by atoms with Crippen LogP contribution in [-0.4, -0.2) is 16.3 Å². The number of aldehydes is 1. The Hall–Kier alpha value is -2.10. The first-order chi connectivity index (χ1) is 9.02. The summed E-state index contributed by atoms with van der Waals surface area (Å²) in [4.78, 5) is 20.0. The molecular formula is C15H15FN2O. The molecule has 2 rings (SSSR count). The Morgan fingerprint density at radius 3 is 2.32 bits per heavy atom. The van der Waals surface area contributed by atoms with Gasteiger partial charge in [-0.15, -0.1) is 0 Å². The van der Waals surface area contributed by atoms with Gasteiger partial charge in [-0.2, -0.15) is 0 Å². The third-order valence-electron chi connectivity index (χ3n) is 2.87. The van der Waals surface area contributed by atoms with Crippen molar-refractivity contribution >= 4 is 6.29 Å². The lowest BCUT2D eigenvalue weighted by Crippen LogP contribution is -2.06. The van der Waals surface area contributed by atoms with E-state index in [1.54, 1.807) is 19.1 Å². The summed E-state index contributed by atoms with van der Waals surface area (Å²) < 4.78 is 13.0. The number of halogens is 1. The van der Waals surface area contributed by atoms with E-state index in [9.17, 15) is 9.18 Å². The van der Waals surface area contributed by atoms with Crippen molar-refractivity contribution in [1.29, 1.82) is 0 Å². The number of benzene rings is 1. The first-order valence-electron chi connectivity index (χ1n) is 6.12. The fraction of sp³-hybridized carbons (Fsp3) is 0.267. The normalized spacial score (nSPS) is 10.8. The Labute approximate surface area is 111 Å². The number of carbonyl (C=O) groups excluding carboxylic acids is 1. The number of nitrogens with zero attached hydrogens (tertiary/aromatic N) is 2. The minimum atomic E-state index is -0.314. The van der Waals surface area contributed by atoms with Crippen molar-refractivity contribution < 1.29 is 9.18 Å². The molecule has 3 nitrogen and oxygen atoms in total. The summed E-state index contributed by atoms with van der Waals surface area (Å²) in [6.07, 6.45) is 0.771. The molecule has 0 unspecified atom stereocenters. The molecule has 0 saturated heterocycles. The third-order valence-corrected chi connectivity index (χ3v) is 2.87. The zero-order valence-electron chi connectivity index (χ0n) is 11.1. The summed E-state index contributed by atoms with van der Waals surface area (Å²) in [7, 11) is 0. The molecule has 0 aliphatic heterocycles. The second-order valence-electron chi connectivity index (χ2n) is 4.70. The number of hydrogen-bond donors (Lipinski definition) is 0. The Balaban J connectivity index is 2.68. The first kappa shape index (κ1) is 13.3. The minimum Gasteiger partial charge on any atom is -0.298 e. The molecule has 2 aromatic rings. The Bertz CT molecular complexity index is 606. The lowest BCUT2D eigenvalue weighted by atomic mass is 9.99. The summed E-state index contributed by atoms with van der Waals surface area (Å²) in [6.45, 7) is 5.74. The SMILES string of the molecule is Cc1nc(-c2ccc(F)cc2)c(C=O)c(C(C)C)n1. The van der Waals surface area contributed by atoms with Crippen LogP contribution < -0.4 is 0 Å². The highest BCUT2D eigenvalue weighted by molar-refractivity contribution is 5.87. The van der Waals surface area contributed by atoms with Gasteiger partial charge in [-0.25, -0.2) is 14.4 Å². The lowest BCUT2D eigenvalue weighted by Gasteiger charge is -2.13. The molecule has 0 atom stereocenters. The fourth-order valence-corrected chi connectivity index (χ4v) is 1.99. The predicted octanol–water partition coefficient (Wildman–Crippen LogP) is 3.53. The maximum absolute atomic E-state index is 13.0. The molecular weight excluding hydrogens is 243 g/mol. The van der Waals surface area contributed by atoms with E-state index in [0.717, 1.165) is 17.5 Å². The van der Waals surface area contributed by atoms with Gasteiger partial charge in [0.05, 0.1) is 17.0 Å². The van der Waals surface area contributed by atoms with Crippen LogP contribution in [0, 0.1) is 12.7 Å². The van der Waals surface area contributed by atoms with Gasteiger partial charge in [-0.05, 0) is 37.1 Å². The molecule has 0 radical (unpaired) electrons. The highest BCUT2D eigenvalue weighted by atomic mass is 19.1. The molecule has 0 saturated carbocycles. The van der Waals surface area contributed by atoms with Crippen molar-refractivity contribution in [3.8, 4) is 11.3 Å². The standard InChI is InChI=1S/C15H15FN2O/c1-9(2)14-13(8-19)15(18-10(3)17-14)11-4-6-12(16)7-5-11/h4-9H,1-3H3. The Morgan fingerprint density at radius 1 is 1.16 bits per heavy atom. The maximum Gasteiger partial charge on any atom is 0.154 e. The lowest BCUT2D eigenvalue weighted by molar-refractivity contribution is 0.112. The molecule has 1 aromatic heterocycles. The van der Waals surface area contributed by atoms with Crippen LogP contribution in [0.5, 0.6) is 0 Å². The van der Waals surface area contributed by atoms with E-state index in [-0.39, 0.29) is 11.7 Å². The summed E-state index contributed by atoms with van der Waals surface area (Å²) in [6, 6.07) is 5.95. The largest absolute Gasteiger partial charge is 0.298 e. The van der Waals surface area contributed by atoms with Gasteiger partial charge < -0.3 is 0 Å². The predicted molar refractivity (Wildman–Crippen MR) is 71.6 cm³/mol. The average Bonchev–Trinajstić information content (AvgIpc) is 2.38. The van der Waals surface area contributed by atoms with Crippen LogP contribution in [0.2, 0.25) is 0 Å². The quantitative estimate of drug-likeness (QED) is 0.791. The van der Waals surface area contributed by atoms with Crippen LogP contribution >= 0.6 is 0 Å². The van der Waals surface area contributed by atoms with Crippen LogP contribution in [0.4, 0.5) is 4.39 Å². The molecule has 0 spiro atoms. The summed E-state index contributed by atoms with van der Waals surface area (Å²) in [5.74, 6) is 0.418. The van der Waals surface area contributed by atoms with Crippen molar-refractivity contribution in [3.63, 3.8) is 0 Å². The van der Waals surface area contributed by atoms with Gasteiger partial charge in [0, 0.05) is 5.56 Å². The Kier molecular flexibility index (Phi) is 3.69. The van der Waals surface area contributed by atoms with E-state index in [2.05, 4.69) is 9.97 Å². The van der Waals surface area contributed by atoms with E-state index in [1.165, 1.54) is 12.1 Å². The van der Waals surface area contributed by atoms with Crippen LogP contribution in [0.3, 0.4) is 0 Å². The van der Waals surface area contributed by atoms with Crippen LogP contribution in [0.25, 0.3) is 11.3 Å². The molecule has 0 N–H and O–H groups in total. The molecule has 0 amide bonds. The van der Waals surface area contributed by atoms with Crippen molar-refractivity contribution in [3.05, 3.63) is 47.2 Å². The van der Waals surface area contributed by atoms with E-state index in [4.69, 9.17) is 0 Å². The van der Waals surface area contributed by atoms with E-state index >= 15 is 0 Å². The van der Waals surface area contributed by atoms with Gasteiger partial charge in [0.1, 0.15) is 11.6 Å². The van der Waals surface area contributed by atoms with Gasteiger partial charge in [-0.1, -0.05) is 13.8 Å². The topological polar surface area (TPSA) is 42.9 Å². The van der Waals surface area contributed by atoms with Crippen molar-refractivity contribution in [1.82, 2.24) is 9.97 Å². The molecule has 0 fully saturated rings. The van der Waals surface area contributed by atoms with Gasteiger partial charge in [0.25, 0.3) is 0 Å². The monoisotopic (exact) mass is 258 g/mol. The highest BCUT2D eigenvalue weighted by Crippen LogP contribution is 2.26. The Morgan fingerprint density at radius 2 is 1.79 bits per heavy atom. The van der Waals surface area contributed by atoms with Crippen molar-refractivity contribution in [2.24, 2.45) is 0 Å². The summed E-state index contributed by atoms with van der Waals surface area (Å²) >= 11 is 0. The van der Waals surface area contributed by atoms with Crippen molar-refractivity contribution in [2.75, 3.05) is 0 Å². The zero-order valence-corrected chi connectivity index (χ0v) is 11.1. The molecule has 0 aliphatic rings. The van der Waals surface area contributed by atoms with Gasteiger partial charge in [0.15, 0.2) is 6.29 Å². The summed E-state index contributed by atoms with van der Waals surface area (Å²) in [5.41, 5.74) is 2.48. The van der Waals surface area contributed by atoms with E-state index < -0.39 is 0 Å².